The van der Waals surface area contributed by atoms with Crippen molar-refractivity contribution in [2.75, 3.05) is 19.8 Å². The van der Waals surface area contributed by atoms with Crippen LogP contribution in [0.4, 0.5) is 0 Å². The number of carbonyl (C=O) groups excluding carboxylic acids is 2. The lowest BCUT2D eigenvalue weighted by Gasteiger charge is -2.09. The van der Waals surface area contributed by atoms with E-state index >= 15 is 0 Å². The summed E-state index contributed by atoms with van der Waals surface area (Å²) >= 11 is 5.97. The molecule has 0 aliphatic rings. The zero-order valence-corrected chi connectivity index (χ0v) is 20.9. The number of aromatic nitrogens is 2. The third-order valence-corrected chi connectivity index (χ3v) is 5.20. The van der Waals surface area contributed by atoms with Gasteiger partial charge in [0.1, 0.15) is 12.3 Å². The van der Waals surface area contributed by atoms with Gasteiger partial charge in [-0.25, -0.2) is 9.48 Å². The first-order valence-electron chi connectivity index (χ1n) is 11.5. The second kappa shape index (κ2) is 13.3. The van der Waals surface area contributed by atoms with Crippen LogP contribution < -0.4 is 10.3 Å². The summed E-state index contributed by atoms with van der Waals surface area (Å²) in [7, 11) is 0. The number of hydrogen-bond donors (Lipinski definition) is 0. The quantitative estimate of drug-likeness (QED) is 0.357. The summed E-state index contributed by atoms with van der Waals surface area (Å²) in [5, 5.41) is 4.93. The molecular formula is C27H27ClN2O6. The van der Waals surface area contributed by atoms with Gasteiger partial charge in [0.05, 0.1) is 18.9 Å². The highest BCUT2D eigenvalue weighted by Crippen LogP contribution is 2.16. The summed E-state index contributed by atoms with van der Waals surface area (Å²) < 4.78 is 16.4. The van der Waals surface area contributed by atoms with Crippen LogP contribution in [0.1, 0.15) is 36.2 Å². The van der Waals surface area contributed by atoms with Crippen LogP contribution in [-0.2, 0) is 32.0 Å². The first-order valence-corrected chi connectivity index (χ1v) is 11.8. The van der Waals surface area contributed by atoms with Crippen molar-refractivity contribution in [2.24, 2.45) is 0 Å². The Hall–Kier alpha value is -3.91. The molecule has 0 amide bonds. The predicted octanol–water partition coefficient (Wildman–Crippen LogP) is 4.16. The normalized spacial score (nSPS) is 10.9. The minimum Gasteiger partial charge on any atom is -0.482 e. The van der Waals surface area contributed by atoms with Crippen LogP contribution in [0.3, 0.4) is 0 Å². The largest absolute Gasteiger partial charge is 0.482 e. The lowest BCUT2D eigenvalue weighted by atomic mass is 10.1. The van der Waals surface area contributed by atoms with Gasteiger partial charge >= 0.3 is 11.9 Å². The number of esters is 2. The maximum Gasteiger partial charge on any atom is 0.344 e. The summed E-state index contributed by atoms with van der Waals surface area (Å²) in [5.41, 5.74) is 2.38. The van der Waals surface area contributed by atoms with E-state index in [1.54, 1.807) is 50.3 Å². The minimum absolute atomic E-state index is 0.161. The molecule has 36 heavy (non-hydrogen) atoms. The van der Waals surface area contributed by atoms with Crippen molar-refractivity contribution in [1.29, 1.82) is 0 Å². The summed E-state index contributed by atoms with van der Waals surface area (Å²) in [4.78, 5) is 36.5. The van der Waals surface area contributed by atoms with Crippen LogP contribution in [0.15, 0.2) is 59.4 Å². The number of benzene rings is 2. The van der Waals surface area contributed by atoms with Crippen molar-refractivity contribution in [1.82, 2.24) is 9.78 Å². The van der Waals surface area contributed by atoms with Crippen molar-refractivity contribution in [2.45, 2.75) is 26.8 Å². The van der Waals surface area contributed by atoms with E-state index in [0.717, 1.165) is 15.8 Å². The average molecular weight is 511 g/mol. The van der Waals surface area contributed by atoms with Gasteiger partial charge in [-0.1, -0.05) is 41.9 Å². The highest BCUT2D eigenvalue weighted by molar-refractivity contribution is 6.30. The fraction of sp³-hybridized carbons (Fsp3) is 0.259. The Kier molecular flexibility index (Phi) is 9.82. The zero-order chi connectivity index (χ0) is 25.9. The fourth-order valence-electron chi connectivity index (χ4n) is 3.29. The molecule has 0 aliphatic heterocycles. The van der Waals surface area contributed by atoms with Crippen molar-refractivity contribution < 1.29 is 23.8 Å². The van der Waals surface area contributed by atoms with E-state index < -0.39 is 11.9 Å². The van der Waals surface area contributed by atoms with Gasteiger partial charge in [-0.3, -0.25) is 9.59 Å². The van der Waals surface area contributed by atoms with E-state index in [1.807, 2.05) is 30.3 Å². The van der Waals surface area contributed by atoms with Gasteiger partial charge in [-0.15, -0.1) is 0 Å². The number of carbonyl (C=O) groups is 2. The second-order valence-electron chi connectivity index (χ2n) is 7.66. The summed E-state index contributed by atoms with van der Waals surface area (Å²) in [5.74, 6) is -0.435. The first-order chi connectivity index (χ1) is 17.4. The van der Waals surface area contributed by atoms with Gasteiger partial charge in [0.25, 0.3) is 5.56 Å². The summed E-state index contributed by atoms with van der Waals surface area (Å²) in [6.07, 6.45) is 3.93. The molecule has 9 heteroatoms. The van der Waals surface area contributed by atoms with E-state index in [2.05, 4.69) is 5.10 Å². The smallest absolute Gasteiger partial charge is 0.344 e. The Morgan fingerprint density at radius 1 is 0.944 bits per heavy atom. The van der Waals surface area contributed by atoms with Gasteiger partial charge in [-0.2, -0.15) is 5.10 Å². The molecule has 1 heterocycles. The molecule has 0 bridgehead atoms. The van der Waals surface area contributed by atoms with E-state index in [4.69, 9.17) is 25.8 Å². The summed E-state index contributed by atoms with van der Waals surface area (Å²) in [6.45, 7) is 3.50. The molecule has 188 valence electrons. The molecule has 0 fully saturated rings. The van der Waals surface area contributed by atoms with Crippen LogP contribution >= 0.6 is 11.6 Å². The molecule has 0 spiro atoms. The maximum absolute atomic E-state index is 13.0. The molecule has 0 unspecified atom stereocenters. The molecule has 3 rings (SSSR count). The molecule has 0 saturated carbocycles. The minimum atomic E-state index is -0.538. The SMILES string of the molecule is CCOC(=O)COc1ccc(/C=C/c2cc(Cc3ccc(Cl)cc3)c(=O)n(CC(=O)OCC)n2)cc1. The molecule has 2 aromatic carbocycles. The Bertz CT molecular complexity index is 1270. The number of nitrogens with zero attached hydrogens (tertiary/aromatic N) is 2. The number of halogens is 1. The topological polar surface area (TPSA) is 96.7 Å². The molecule has 8 nitrogen and oxygen atoms in total. The van der Waals surface area contributed by atoms with E-state index in [9.17, 15) is 14.4 Å². The maximum atomic E-state index is 13.0. The van der Waals surface area contributed by atoms with Crippen LogP contribution in [0, 0.1) is 0 Å². The predicted molar refractivity (Wildman–Crippen MR) is 137 cm³/mol. The Balaban J connectivity index is 1.81. The molecule has 0 aliphatic carbocycles. The summed E-state index contributed by atoms with van der Waals surface area (Å²) in [6, 6.07) is 16.0. The van der Waals surface area contributed by atoms with Crippen LogP contribution in [-0.4, -0.2) is 41.5 Å². The third-order valence-electron chi connectivity index (χ3n) is 4.95. The molecular weight excluding hydrogens is 484 g/mol. The van der Waals surface area contributed by atoms with Gasteiger partial charge < -0.3 is 14.2 Å². The van der Waals surface area contributed by atoms with Gasteiger partial charge in [0.15, 0.2) is 6.61 Å². The standard InChI is InChI=1S/C27H27ClN2O6/c1-3-34-25(31)17-30-27(33)21(15-20-5-10-22(28)11-6-20)16-23(29-30)12-7-19-8-13-24(14-9-19)36-18-26(32)35-4-2/h5-14,16H,3-4,15,17-18H2,1-2H3/b12-7+. The van der Waals surface area contributed by atoms with E-state index in [0.29, 0.717) is 35.1 Å². The van der Waals surface area contributed by atoms with Crippen molar-refractivity contribution in [3.05, 3.63) is 92.4 Å². The molecule has 3 aromatic rings. The van der Waals surface area contributed by atoms with Crippen molar-refractivity contribution in [3.63, 3.8) is 0 Å². The Labute approximate surface area is 214 Å². The molecule has 0 saturated heterocycles. The third kappa shape index (κ3) is 8.09. The average Bonchev–Trinajstić information content (AvgIpc) is 2.86. The lowest BCUT2D eigenvalue weighted by Crippen LogP contribution is -2.30. The highest BCUT2D eigenvalue weighted by atomic mass is 35.5. The first kappa shape index (κ1) is 26.7. The van der Waals surface area contributed by atoms with Gasteiger partial charge in [0, 0.05) is 17.0 Å². The lowest BCUT2D eigenvalue weighted by molar-refractivity contribution is -0.145. The van der Waals surface area contributed by atoms with Crippen molar-refractivity contribution in [3.8, 4) is 5.75 Å². The zero-order valence-electron chi connectivity index (χ0n) is 20.1. The van der Waals surface area contributed by atoms with Gasteiger partial charge in [-0.05, 0) is 61.4 Å². The molecule has 0 atom stereocenters. The van der Waals surface area contributed by atoms with E-state index in [-0.39, 0.29) is 25.3 Å². The van der Waals surface area contributed by atoms with Gasteiger partial charge in [0.2, 0.25) is 0 Å². The number of ether oxygens (including phenoxy) is 3. The highest BCUT2D eigenvalue weighted by Gasteiger charge is 2.12. The van der Waals surface area contributed by atoms with Crippen LogP contribution in [0.25, 0.3) is 12.2 Å². The van der Waals surface area contributed by atoms with Crippen molar-refractivity contribution >= 4 is 35.7 Å². The van der Waals surface area contributed by atoms with Crippen LogP contribution in [0.2, 0.25) is 5.02 Å². The fourth-order valence-corrected chi connectivity index (χ4v) is 3.41. The monoisotopic (exact) mass is 510 g/mol. The molecule has 0 radical (unpaired) electrons. The Morgan fingerprint density at radius 2 is 1.61 bits per heavy atom. The molecule has 1 aromatic heterocycles. The number of hydrogen-bond acceptors (Lipinski definition) is 7. The van der Waals surface area contributed by atoms with E-state index in [1.165, 1.54) is 0 Å². The Morgan fingerprint density at radius 3 is 2.28 bits per heavy atom. The number of rotatable bonds is 11. The van der Waals surface area contributed by atoms with Crippen LogP contribution in [0.5, 0.6) is 5.75 Å². The second-order valence-corrected chi connectivity index (χ2v) is 8.10. The molecule has 0 N–H and O–H groups in total.